The van der Waals surface area contributed by atoms with Gasteiger partial charge in [0.25, 0.3) is 0 Å². The van der Waals surface area contributed by atoms with Crippen molar-refractivity contribution in [2.75, 3.05) is 20.1 Å². The Morgan fingerprint density at radius 2 is 1.92 bits per heavy atom. The summed E-state index contributed by atoms with van der Waals surface area (Å²) in [6.45, 7) is 6.37. The first-order valence-corrected chi connectivity index (χ1v) is 9.54. The number of nitrogens with one attached hydrogen (secondary N) is 2. The van der Waals surface area contributed by atoms with Crippen LogP contribution in [0.4, 0.5) is 0 Å². The maximum atomic E-state index is 5.45. The summed E-state index contributed by atoms with van der Waals surface area (Å²) in [5.41, 5.74) is 2.57. The van der Waals surface area contributed by atoms with Gasteiger partial charge < -0.3 is 15.1 Å². The monoisotopic (exact) mass is 354 g/mol. The van der Waals surface area contributed by atoms with Gasteiger partial charge in [-0.15, -0.1) is 0 Å². The largest absolute Gasteiger partial charge is 0.468 e. The van der Waals surface area contributed by atoms with E-state index >= 15 is 0 Å². The quantitative estimate of drug-likeness (QED) is 0.535. The molecule has 3 rings (SSSR count). The molecule has 2 aromatic rings. The van der Waals surface area contributed by atoms with E-state index in [2.05, 4.69) is 53.8 Å². The molecule has 1 aromatic heterocycles. The van der Waals surface area contributed by atoms with E-state index < -0.39 is 0 Å². The van der Waals surface area contributed by atoms with Crippen LogP contribution in [0.2, 0.25) is 0 Å². The summed E-state index contributed by atoms with van der Waals surface area (Å²) >= 11 is 0. The molecule has 5 nitrogen and oxygen atoms in total. The number of hydrogen-bond acceptors (Lipinski definition) is 3. The fourth-order valence-corrected chi connectivity index (χ4v) is 2.95. The molecule has 2 N–H and O–H groups in total. The van der Waals surface area contributed by atoms with Crippen LogP contribution >= 0.6 is 0 Å². The molecule has 140 valence electrons. The lowest BCUT2D eigenvalue weighted by atomic mass is 10.1. The lowest BCUT2D eigenvalue weighted by molar-refractivity contribution is 0.287. The molecule has 0 amide bonds. The first-order valence-electron chi connectivity index (χ1n) is 9.54. The van der Waals surface area contributed by atoms with E-state index in [1.807, 2.05) is 12.1 Å². The summed E-state index contributed by atoms with van der Waals surface area (Å²) in [5, 5.41) is 6.80. The van der Waals surface area contributed by atoms with Gasteiger partial charge in [-0.25, -0.2) is 4.99 Å². The Balaban J connectivity index is 1.60. The van der Waals surface area contributed by atoms with Crippen molar-refractivity contribution in [3.8, 4) is 0 Å². The number of nitrogens with zero attached hydrogens (tertiary/aromatic N) is 2. The van der Waals surface area contributed by atoms with Gasteiger partial charge in [-0.3, -0.25) is 4.90 Å². The minimum atomic E-state index is 0.685. The molecule has 1 saturated carbocycles. The van der Waals surface area contributed by atoms with Gasteiger partial charge in [0, 0.05) is 19.6 Å². The Morgan fingerprint density at radius 3 is 2.62 bits per heavy atom. The van der Waals surface area contributed by atoms with Crippen LogP contribution in [0.15, 0.2) is 52.1 Å². The van der Waals surface area contributed by atoms with Crippen LogP contribution in [-0.2, 0) is 19.6 Å². The van der Waals surface area contributed by atoms with E-state index in [1.54, 1.807) is 6.26 Å². The maximum Gasteiger partial charge on any atom is 0.191 e. The summed E-state index contributed by atoms with van der Waals surface area (Å²) < 4.78 is 5.45. The Labute approximate surface area is 156 Å². The first kappa shape index (κ1) is 18.5. The molecule has 0 spiro atoms. The molecule has 1 aromatic carbocycles. The van der Waals surface area contributed by atoms with Crippen LogP contribution in [-0.4, -0.2) is 31.0 Å². The number of guanidine groups is 1. The molecule has 0 unspecified atom stereocenters. The molecule has 1 heterocycles. The highest BCUT2D eigenvalue weighted by Gasteiger charge is 2.21. The van der Waals surface area contributed by atoms with Gasteiger partial charge in [0.2, 0.25) is 0 Å². The van der Waals surface area contributed by atoms with Crippen molar-refractivity contribution in [1.82, 2.24) is 15.5 Å². The maximum absolute atomic E-state index is 5.45. The summed E-state index contributed by atoms with van der Waals surface area (Å²) in [5.74, 6) is 2.74. The second kappa shape index (κ2) is 9.43. The summed E-state index contributed by atoms with van der Waals surface area (Å²) in [6, 6.07) is 12.5. The van der Waals surface area contributed by atoms with Crippen LogP contribution in [0.25, 0.3) is 0 Å². The molecule has 26 heavy (non-hydrogen) atoms. The molecule has 5 heteroatoms. The second-order valence-electron chi connectivity index (χ2n) is 7.04. The molecule has 0 atom stereocenters. The van der Waals surface area contributed by atoms with Crippen molar-refractivity contribution in [1.29, 1.82) is 0 Å². The predicted molar refractivity (Wildman–Crippen MR) is 106 cm³/mol. The van der Waals surface area contributed by atoms with Crippen LogP contribution in [0, 0.1) is 5.92 Å². The Kier molecular flexibility index (Phi) is 6.72. The van der Waals surface area contributed by atoms with Crippen molar-refractivity contribution in [2.45, 2.75) is 39.4 Å². The highest BCUT2D eigenvalue weighted by Crippen LogP contribution is 2.27. The Hall–Kier alpha value is -2.27. The van der Waals surface area contributed by atoms with Gasteiger partial charge in [0.1, 0.15) is 5.76 Å². The molecular formula is C21H30N4O. The number of hydrogen-bond donors (Lipinski definition) is 2. The van der Waals surface area contributed by atoms with Crippen LogP contribution in [0.5, 0.6) is 0 Å². The Morgan fingerprint density at radius 1 is 1.12 bits per heavy atom. The topological polar surface area (TPSA) is 52.8 Å². The fourth-order valence-electron chi connectivity index (χ4n) is 2.95. The molecule has 1 aliphatic carbocycles. The third-order valence-corrected chi connectivity index (χ3v) is 4.57. The van der Waals surface area contributed by atoms with Gasteiger partial charge in [-0.1, -0.05) is 24.3 Å². The molecule has 0 saturated heterocycles. The van der Waals surface area contributed by atoms with Gasteiger partial charge >= 0.3 is 0 Å². The van der Waals surface area contributed by atoms with Crippen LogP contribution < -0.4 is 10.6 Å². The number of aliphatic imine (C=N–C) groups is 1. The van der Waals surface area contributed by atoms with Gasteiger partial charge in [-0.2, -0.15) is 0 Å². The zero-order valence-corrected chi connectivity index (χ0v) is 15.9. The average molecular weight is 354 g/mol. The standard InChI is InChI=1S/C21H30N4O/c1-3-22-21(23-13-17-10-11-17)24-14-18-7-4-5-8-19(18)15-25(2)16-20-9-6-12-26-20/h4-9,12,17H,3,10-11,13-16H2,1-2H3,(H2,22,23,24). The average Bonchev–Trinajstić information content (AvgIpc) is 3.33. The summed E-state index contributed by atoms with van der Waals surface area (Å²) in [4.78, 5) is 7.05. The zero-order valence-electron chi connectivity index (χ0n) is 15.9. The zero-order chi connectivity index (χ0) is 18.2. The highest BCUT2D eigenvalue weighted by atomic mass is 16.3. The molecule has 0 bridgehead atoms. The van der Waals surface area contributed by atoms with Gasteiger partial charge in [-0.05, 0) is 56.0 Å². The smallest absolute Gasteiger partial charge is 0.191 e. The second-order valence-corrected chi connectivity index (χ2v) is 7.04. The highest BCUT2D eigenvalue weighted by molar-refractivity contribution is 5.79. The minimum absolute atomic E-state index is 0.685. The third kappa shape index (κ3) is 5.92. The van der Waals surface area contributed by atoms with Crippen LogP contribution in [0.1, 0.15) is 36.7 Å². The summed E-state index contributed by atoms with van der Waals surface area (Å²) in [7, 11) is 2.11. The van der Waals surface area contributed by atoms with E-state index in [9.17, 15) is 0 Å². The first-order chi connectivity index (χ1) is 12.7. The lowest BCUT2D eigenvalue weighted by Gasteiger charge is -2.17. The van der Waals surface area contributed by atoms with Crippen molar-refractivity contribution in [3.63, 3.8) is 0 Å². The van der Waals surface area contributed by atoms with E-state index in [4.69, 9.17) is 9.41 Å². The molecule has 1 fully saturated rings. The number of benzene rings is 1. The molecule has 1 aliphatic rings. The van der Waals surface area contributed by atoms with Crippen molar-refractivity contribution in [2.24, 2.45) is 10.9 Å². The fraction of sp³-hybridized carbons (Fsp3) is 0.476. The molecular weight excluding hydrogens is 324 g/mol. The van der Waals surface area contributed by atoms with E-state index in [0.717, 1.165) is 43.8 Å². The Bertz CT molecular complexity index is 692. The van der Waals surface area contributed by atoms with Gasteiger partial charge in [0.15, 0.2) is 5.96 Å². The van der Waals surface area contributed by atoms with Crippen molar-refractivity contribution >= 4 is 5.96 Å². The van der Waals surface area contributed by atoms with Crippen LogP contribution in [0.3, 0.4) is 0 Å². The van der Waals surface area contributed by atoms with Crippen molar-refractivity contribution < 1.29 is 4.42 Å². The van der Waals surface area contributed by atoms with E-state index in [1.165, 1.54) is 24.0 Å². The van der Waals surface area contributed by atoms with E-state index in [0.29, 0.717) is 6.54 Å². The number of furan rings is 1. The lowest BCUT2D eigenvalue weighted by Crippen LogP contribution is -2.38. The van der Waals surface area contributed by atoms with Crippen molar-refractivity contribution in [3.05, 3.63) is 59.5 Å². The third-order valence-electron chi connectivity index (χ3n) is 4.57. The SMILES string of the molecule is CCNC(=NCc1ccccc1CN(C)Cc1ccco1)NCC1CC1. The molecule has 0 radical (unpaired) electrons. The van der Waals surface area contributed by atoms with Gasteiger partial charge in [0.05, 0.1) is 19.4 Å². The minimum Gasteiger partial charge on any atom is -0.468 e. The van der Waals surface area contributed by atoms with E-state index in [-0.39, 0.29) is 0 Å². The number of rotatable bonds is 9. The normalized spacial score (nSPS) is 14.7. The predicted octanol–water partition coefficient (Wildman–Crippen LogP) is 3.38. The summed E-state index contributed by atoms with van der Waals surface area (Å²) in [6.07, 6.45) is 4.41. The molecule has 0 aliphatic heterocycles.